The van der Waals surface area contributed by atoms with Crippen LogP contribution < -0.4 is 5.32 Å². The van der Waals surface area contributed by atoms with Crippen LogP contribution in [-0.2, 0) is 9.53 Å². The number of ether oxygens (including phenoxy) is 1. The Hall–Kier alpha value is -0.650. The van der Waals surface area contributed by atoms with Gasteiger partial charge in [0.1, 0.15) is 5.54 Å². The van der Waals surface area contributed by atoms with Gasteiger partial charge in [0.25, 0.3) is 0 Å². The molecular weight excluding hydrogens is 220 g/mol. The van der Waals surface area contributed by atoms with E-state index < -0.39 is 11.5 Å². The van der Waals surface area contributed by atoms with E-state index >= 15 is 0 Å². The molecular formula is C12H24N2O3. The predicted molar refractivity (Wildman–Crippen MR) is 66.2 cm³/mol. The number of morpholine rings is 1. The molecule has 1 aliphatic rings. The Morgan fingerprint density at radius 2 is 2.29 bits per heavy atom. The van der Waals surface area contributed by atoms with Gasteiger partial charge in [-0.1, -0.05) is 0 Å². The monoisotopic (exact) mass is 244 g/mol. The molecule has 0 spiro atoms. The zero-order chi connectivity index (χ0) is 13.1. The Kier molecular flexibility index (Phi) is 4.91. The Labute approximate surface area is 103 Å². The number of carbonyl (C=O) groups is 1. The second-order valence-corrected chi connectivity index (χ2v) is 5.33. The van der Waals surface area contributed by atoms with Crippen LogP contribution in [0.5, 0.6) is 0 Å². The molecule has 2 atom stereocenters. The third-order valence-corrected chi connectivity index (χ3v) is 3.10. The summed E-state index contributed by atoms with van der Waals surface area (Å²) in [6.07, 6.45) is 0. The first kappa shape index (κ1) is 14.4. The predicted octanol–water partition coefficient (Wildman–Crippen LogP) is 0.548. The molecule has 1 heterocycles. The number of hydrogen-bond acceptors (Lipinski definition) is 4. The highest BCUT2D eigenvalue weighted by Crippen LogP contribution is 2.14. The Balaban J connectivity index is 2.68. The molecule has 0 aliphatic carbocycles. The second-order valence-electron chi connectivity index (χ2n) is 5.33. The molecule has 5 nitrogen and oxygen atoms in total. The summed E-state index contributed by atoms with van der Waals surface area (Å²) in [4.78, 5) is 13.6. The first-order valence-corrected chi connectivity index (χ1v) is 6.18. The number of rotatable bonds is 5. The Morgan fingerprint density at radius 3 is 2.76 bits per heavy atom. The van der Waals surface area contributed by atoms with Crippen LogP contribution in [0.2, 0.25) is 0 Å². The molecule has 1 fully saturated rings. The van der Waals surface area contributed by atoms with Gasteiger partial charge in [-0.05, 0) is 27.7 Å². The summed E-state index contributed by atoms with van der Waals surface area (Å²) in [7, 11) is 0. The van der Waals surface area contributed by atoms with E-state index in [-0.39, 0.29) is 12.1 Å². The van der Waals surface area contributed by atoms with Crippen molar-refractivity contribution in [3.63, 3.8) is 0 Å². The van der Waals surface area contributed by atoms with E-state index in [0.717, 1.165) is 6.54 Å². The van der Waals surface area contributed by atoms with E-state index in [9.17, 15) is 9.90 Å². The second kappa shape index (κ2) is 5.80. The fraction of sp³-hybridized carbons (Fsp3) is 0.917. The van der Waals surface area contributed by atoms with E-state index in [0.29, 0.717) is 19.8 Å². The zero-order valence-corrected chi connectivity index (χ0v) is 11.2. The summed E-state index contributed by atoms with van der Waals surface area (Å²) < 4.78 is 5.36. The van der Waals surface area contributed by atoms with Crippen molar-refractivity contribution in [2.75, 3.05) is 26.3 Å². The molecule has 0 saturated carbocycles. The van der Waals surface area contributed by atoms with Crippen molar-refractivity contribution in [1.29, 1.82) is 0 Å². The summed E-state index contributed by atoms with van der Waals surface area (Å²) in [6.45, 7) is 10.4. The molecule has 1 aliphatic heterocycles. The highest BCUT2D eigenvalue weighted by atomic mass is 16.5. The van der Waals surface area contributed by atoms with Crippen molar-refractivity contribution in [3.05, 3.63) is 0 Å². The molecule has 1 rings (SSSR count). The van der Waals surface area contributed by atoms with Crippen molar-refractivity contribution < 1.29 is 14.6 Å². The van der Waals surface area contributed by atoms with Crippen LogP contribution >= 0.6 is 0 Å². The normalized spacial score (nSPS) is 25.8. The van der Waals surface area contributed by atoms with Crippen LogP contribution in [-0.4, -0.2) is 59.9 Å². The molecule has 2 unspecified atom stereocenters. The largest absolute Gasteiger partial charge is 0.480 e. The van der Waals surface area contributed by atoms with Crippen LogP contribution in [0.15, 0.2) is 0 Å². The fourth-order valence-electron chi connectivity index (χ4n) is 2.21. The number of aliphatic carboxylic acids is 1. The highest BCUT2D eigenvalue weighted by molar-refractivity contribution is 5.78. The fourth-order valence-corrected chi connectivity index (χ4v) is 2.21. The standard InChI is InChI=1S/C12H24N2O3/c1-9(2)13-12(4,11(15)16)8-14-5-6-17-7-10(14)3/h9-10,13H,5-8H2,1-4H3,(H,15,16). The molecule has 0 aromatic heterocycles. The van der Waals surface area contributed by atoms with Gasteiger partial charge in [0.05, 0.1) is 13.2 Å². The van der Waals surface area contributed by atoms with Crippen LogP contribution in [0.3, 0.4) is 0 Å². The van der Waals surface area contributed by atoms with Gasteiger partial charge >= 0.3 is 5.97 Å². The molecule has 0 radical (unpaired) electrons. The van der Waals surface area contributed by atoms with Crippen LogP contribution in [0.4, 0.5) is 0 Å². The molecule has 100 valence electrons. The van der Waals surface area contributed by atoms with E-state index in [2.05, 4.69) is 17.1 Å². The maximum absolute atomic E-state index is 11.4. The Bertz CT molecular complexity index is 270. The number of nitrogens with one attached hydrogen (secondary N) is 1. The molecule has 17 heavy (non-hydrogen) atoms. The van der Waals surface area contributed by atoms with Crippen LogP contribution in [0, 0.1) is 0 Å². The lowest BCUT2D eigenvalue weighted by atomic mass is 9.99. The molecule has 0 bridgehead atoms. The number of carboxylic acid groups (broad SMARTS) is 1. The van der Waals surface area contributed by atoms with Gasteiger partial charge in [-0.3, -0.25) is 15.0 Å². The average Bonchev–Trinajstić information content (AvgIpc) is 2.20. The summed E-state index contributed by atoms with van der Waals surface area (Å²) in [5.74, 6) is -0.801. The quantitative estimate of drug-likeness (QED) is 0.739. The molecule has 2 N–H and O–H groups in total. The van der Waals surface area contributed by atoms with E-state index in [1.165, 1.54) is 0 Å². The van der Waals surface area contributed by atoms with E-state index in [1.54, 1.807) is 6.92 Å². The van der Waals surface area contributed by atoms with Crippen molar-refractivity contribution in [3.8, 4) is 0 Å². The van der Waals surface area contributed by atoms with Crippen molar-refractivity contribution in [2.45, 2.75) is 45.3 Å². The van der Waals surface area contributed by atoms with Gasteiger partial charge in [-0.25, -0.2) is 0 Å². The lowest BCUT2D eigenvalue weighted by Crippen LogP contribution is -2.61. The first-order chi connectivity index (χ1) is 7.85. The molecule has 0 aromatic rings. The molecule has 0 aromatic carbocycles. The highest BCUT2D eigenvalue weighted by Gasteiger charge is 2.37. The van der Waals surface area contributed by atoms with Gasteiger partial charge in [-0.15, -0.1) is 0 Å². The molecule has 5 heteroatoms. The Morgan fingerprint density at radius 1 is 1.65 bits per heavy atom. The minimum Gasteiger partial charge on any atom is -0.480 e. The summed E-state index contributed by atoms with van der Waals surface area (Å²) in [5, 5.41) is 12.5. The van der Waals surface area contributed by atoms with E-state index in [1.807, 2.05) is 13.8 Å². The maximum atomic E-state index is 11.4. The van der Waals surface area contributed by atoms with Crippen molar-refractivity contribution >= 4 is 5.97 Å². The third kappa shape index (κ3) is 3.94. The number of carboxylic acids is 1. The minimum absolute atomic E-state index is 0.146. The van der Waals surface area contributed by atoms with Gasteiger partial charge in [0, 0.05) is 25.2 Å². The maximum Gasteiger partial charge on any atom is 0.324 e. The lowest BCUT2D eigenvalue weighted by Gasteiger charge is -2.39. The summed E-state index contributed by atoms with van der Waals surface area (Å²) in [5.41, 5.74) is -0.903. The third-order valence-electron chi connectivity index (χ3n) is 3.10. The van der Waals surface area contributed by atoms with Crippen molar-refractivity contribution in [2.24, 2.45) is 0 Å². The minimum atomic E-state index is -0.903. The number of hydrogen-bond donors (Lipinski definition) is 2. The summed E-state index contributed by atoms with van der Waals surface area (Å²) in [6, 6.07) is 0.420. The van der Waals surface area contributed by atoms with Gasteiger partial charge in [-0.2, -0.15) is 0 Å². The molecule has 0 amide bonds. The van der Waals surface area contributed by atoms with Gasteiger partial charge < -0.3 is 9.84 Å². The zero-order valence-electron chi connectivity index (χ0n) is 11.2. The average molecular weight is 244 g/mol. The van der Waals surface area contributed by atoms with Crippen molar-refractivity contribution in [1.82, 2.24) is 10.2 Å². The SMILES string of the molecule is CC(C)NC(C)(CN1CCOCC1C)C(=O)O. The summed E-state index contributed by atoms with van der Waals surface area (Å²) >= 11 is 0. The first-order valence-electron chi connectivity index (χ1n) is 6.18. The lowest BCUT2D eigenvalue weighted by molar-refractivity contribution is -0.146. The number of nitrogens with zero attached hydrogens (tertiary/aromatic N) is 1. The topological polar surface area (TPSA) is 61.8 Å². The van der Waals surface area contributed by atoms with E-state index in [4.69, 9.17) is 4.74 Å². The smallest absolute Gasteiger partial charge is 0.324 e. The van der Waals surface area contributed by atoms with Crippen LogP contribution in [0.1, 0.15) is 27.7 Å². The van der Waals surface area contributed by atoms with Crippen LogP contribution in [0.25, 0.3) is 0 Å². The van der Waals surface area contributed by atoms with Gasteiger partial charge in [0.15, 0.2) is 0 Å². The molecule has 1 saturated heterocycles. The van der Waals surface area contributed by atoms with Gasteiger partial charge in [0.2, 0.25) is 0 Å².